The Morgan fingerprint density at radius 2 is 1.91 bits per heavy atom. The molecule has 3 rings (SSSR count). The van der Waals surface area contributed by atoms with Crippen LogP contribution in [0.4, 0.5) is 17.6 Å². The molecule has 0 atom stereocenters. The molecule has 186 valence electrons. The van der Waals surface area contributed by atoms with Gasteiger partial charge in [0.1, 0.15) is 5.75 Å². The molecular formula is C25H24F4N2O3S. The second-order valence-electron chi connectivity index (χ2n) is 7.66. The average Bonchev–Trinajstić information content (AvgIpc) is 3.62. The summed E-state index contributed by atoms with van der Waals surface area (Å²) >= 11 is 1.36. The second kappa shape index (κ2) is 11.8. The summed E-state index contributed by atoms with van der Waals surface area (Å²) in [5.41, 5.74) is 6.95. The number of allylic oxidation sites excluding steroid dienone is 1. The van der Waals surface area contributed by atoms with Gasteiger partial charge in [-0.2, -0.15) is 0 Å². The van der Waals surface area contributed by atoms with E-state index in [0.717, 1.165) is 25.0 Å². The SMILES string of the molecule is CS/C=C\NC(=O)/C(=C(N)/C=C/c1cccc(F)c1OCC1CC1)c1ccc(OC(F)(F)F)cc1. The monoisotopic (exact) mass is 508 g/mol. The highest BCUT2D eigenvalue weighted by Crippen LogP contribution is 2.32. The minimum absolute atomic E-state index is 0.0157. The number of hydrogen-bond donors (Lipinski definition) is 2. The number of thioether (sulfide) groups is 1. The molecule has 0 aromatic heterocycles. The fourth-order valence-electron chi connectivity index (χ4n) is 3.06. The van der Waals surface area contributed by atoms with Crippen LogP contribution in [-0.4, -0.2) is 25.1 Å². The van der Waals surface area contributed by atoms with Crippen LogP contribution in [0.3, 0.4) is 0 Å². The van der Waals surface area contributed by atoms with E-state index in [4.69, 9.17) is 10.5 Å². The normalized spacial score (nSPS) is 14.8. The van der Waals surface area contributed by atoms with Gasteiger partial charge in [-0.05, 0) is 66.3 Å². The third kappa shape index (κ3) is 8.10. The van der Waals surface area contributed by atoms with Gasteiger partial charge in [-0.25, -0.2) is 4.39 Å². The molecule has 0 spiro atoms. The summed E-state index contributed by atoms with van der Waals surface area (Å²) in [6.45, 7) is 0.412. The van der Waals surface area contributed by atoms with Gasteiger partial charge < -0.3 is 20.5 Å². The van der Waals surface area contributed by atoms with Gasteiger partial charge in [-0.1, -0.05) is 24.3 Å². The molecule has 0 saturated heterocycles. The first-order valence-electron chi connectivity index (χ1n) is 10.6. The van der Waals surface area contributed by atoms with E-state index in [-0.39, 0.29) is 22.6 Å². The summed E-state index contributed by atoms with van der Waals surface area (Å²) in [7, 11) is 0. The molecule has 0 unspecified atom stereocenters. The number of nitrogens with one attached hydrogen (secondary N) is 1. The van der Waals surface area contributed by atoms with Gasteiger partial charge in [-0.15, -0.1) is 24.9 Å². The lowest BCUT2D eigenvalue weighted by Crippen LogP contribution is -2.21. The predicted octanol–water partition coefficient (Wildman–Crippen LogP) is 5.85. The van der Waals surface area contributed by atoms with Gasteiger partial charge in [0.05, 0.1) is 12.2 Å². The first-order chi connectivity index (χ1) is 16.7. The predicted molar refractivity (Wildman–Crippen MR) is 129 cm³/mol. The van der Waals surface area contributed by atoms with Crippen LogP contribution in [-0.2, 0) is 4.79 Å². The fraction of sp³-hybridized carbons (Fsp3) is 0.240. The van der Waals surface area contributed by atoms with Gasteiger partial charge in [0.15, 0.2) is 11.6 Å². The number of ether oxygens (including phenoxy) is 2. The summed E-state index contributed by atoms with van der Waals surface area (Å²) in [5, 5.41) is 4.20. The smallest absolute Gasteiger partial charge is 0.490 e. The second-order valence-corrected chi connectivity index (χ2v) is 8.40. The van der Waals surface area contributed by atoms with Crippen molar-refractivity contribution in [3.05, 3.63) is 82.8 Å². The molecule has 0 bridgehead atoms. The van der Waals surface area contributed by atoms with Gasteiger partial charge in [0, 0.05) is 17.5 Å². The number of amides is 1. The van der Waals surface area contributed by atoms with Crippen LogP contribution in [0.2, 0.25) is 0 Å². The number of carbonyl (C=O) groups is 1. The van der Waals surface area contributed by atoms with E-state index < -0.39 is 23.8 Å². The van der Waals surface area contributed by atoms with Gasteiger partial charge in [0.25, 0.3) is 5.91 Å². The van der Waals surface area contributed by atoms with Gasteiger partial charge in [0.2, 0.25) is 0 Å². The Morgan fingerprint density at radius 3 is 2.54 bits per heavy atom. The topological polar surface area (TPSA) is 73.6 Å². The Hall–Kier alpha value is -3.40. The quantitative estimate of drug-likeness (QED) is 0.239. The van der Waals surface area contributed by atoms with Crippen molar-refractivity contribution in [1.82, 2.24) is 5.32 Å². The minimum atomic E-state index is -4.84. The van der Waals surface area contributed by atoms with Crippen LogP contribution in [0.5, 0.6) is 11.5 Å². The zero-order chi connectivity index (χ0) is 25.4. The van der Waals surface area contributed by atoms with Crippen LogP contribution >= 0.6 is 11.8 Å². The lowest BCUT2D eigenvalue weighted by molar-refractivity contribution is -0.274. The summed E-state index contributed by atoms with van der Waals surface area (Å²) < 4.78 is 61.3. The molecule has 0 aliphatic heterocycles. The van der Waals surface area contributed by atoms with Crippen LogP contribution in [0.1, 0.15) is 24.0 Å². The van der Waals surface area contributed by atoms with Crippen molar-refractivity contribution in [2.24, 2.45) is 11.7 Å². The number of para-hydroxylation sites is 1. The van der Waals surface area contributed by atoms with E-state index in [1.165, 1.54) is 54.4 Å². The fourth-order valence-corrected chi connectivity index (χ4v) is 3.26. The summed E-state index contributed by atoms with van der Waals surface area (Å²) in [6.07, 6.45) is 3.42. The maximum absolute atomic E-state index is 14.4. The number of nitrogens with two attached hydrogens (primary N) is 1. The molecule has 1 fully saturated rings. The van der Waals surface area contributed by atoms with Crippen molar-refractivity contribution < 1.29 is 31.8 Å². The van der Waals surface area contributed by atoms with Crippen LogP contribution in [0.15, 0.2) is 65.8 Å². The summed E-state index contributed by atoms with van der Waals surface area (Å²) in [4.78, 5) is 12.9. The number of halogens is 4. The average molecular weight is 509 g/mol. The first-order valence-corrected chi connectivity index (χ1v) is 11.9. The van der Waals surface area contributed by atoms with Gasteiger partial charge >= 0.3 is 6.36 Å². The highest BCUT2D eigenvalue weighted by Gasteiger charge is 2.31. The van der Waals surface area contributed by atoms with E-state index >= 15 is 0 Å². The first kappa shape index (κ1) is 26.2. The molecule has 3 N–H and O–H groups in total. The summed E-state index contributed by atoms with van der Waals surface area (Å²) in [6, 6.07) is 9.23. The lowest BCUT2D eigenvalue weighted by Gasteiger charge is -2.12. The molecule has 1 aliphatic carbocycles. The lowest BCUT2D eigenvalue weighted by atomic mass is 10.0. The number of carbonyl (C=O) groups excluding carboxylic acids is 1. The standard InChI is InChI=1S/C25H24F4N2O3S/c1-35-14-13-31-24(32)22(17-7-10-19(11-8-17)34-25(27,28)29)21(30)12-9-18-3-2-4-20(26)23(18)33-15-16-5-6-16/h2-4,7-14,16H,5-6,15,30H2,1H3,(H,31,32)/b12-9+,14-13-,22-21-. The van der Waals surface area contributed by atoms with E-state index in [1.807, 2.05) is 0 Å². The van der Waals surface area contributed by atoms with E-state index in [9.17, 15) is 22.4 Å². The highest BCUT2D eigenvalue weighted by molar-refractivity contribution is 8.01. The molecule has 0 radical (unpaired) electrons. The molecule has 35 heavy (non-hydrogen) atoms. The number of rotatable bonds is 10. The van der Waals surface area contributed by atoms with Crippen LogP contribution in [0, 0.1) is 11.7 Å². The molecule has 1 amide bonds. The number of alkyl halides is 3. The zero-order valence-electron chi connectivity index (χ0n) is 18.8. The number of benzene rings is 2. The van der Waals surface area contributed by atoms with Crippen molar-refractivity contribution in [1.29, 1.82) is 0 Å². The van der Waals surface area contributed by atoms with Crippen molar-refractivity contribution in [2.45, 2.75) is 19.2 Å². The van der Waals surface area contributed by atoms with E-state index in [1.54, 1.807) is 17.7 Å². The Labute approximate surface area is 204 Å². The molecule has 5 nitrogen and oxygen atoms in total. The Balaban J connectivity index is 1.93. The maximum Gasteiger partial charge on any atom is 0.573 e. The summed E-state index contributed by atoms with van der Waals surface area (Å²) in [5.74, 6) is -1.02. The molecule has 2 aromatic carbocycles. The van der Waals surface area contributed by atoms with Crippen molar-refractivity contribution >= 4 is 29.3 Å². The largest absolute Gasteiger partial charge is 0.573 e. The molecule has 1 saturated carbocycles. The van der Waals surface area contributed by atoms with E-state index in [0.29, 0.717) is 18.1 Å². The maximum atomic E-state index is 14.4. The molecule has 0 heterocycles. The third-order valence-corrected chi connectivity index (χ3v) is 5.32. The third-order valence-electron chi connectivity index (χ3n) is 4.91. The highest BCUT2D eigenvalue weighted by atomic mass is 32.2. The van der Waals surface area contributed by atoms with Crippen molar-refractivity contribution in [2.75, 3.05) is 12.9 Å². The Bertz CT molecular complexity index is 1120. The molecular weight excluding hydrogens is 484 g/mol. The molecule has 10 heteroatoms. The zero-order valence-corrected chi connectivity index (χ0v) is 19.6. The molecule has 2 aromatic rings. The van der Waals surface area contributed by atoms with Crippen molar-refractivity contribution in [3.63, 3.8) is 0 Å². The van der Waals surface area contributed by atoms with Crippen molar-refractivity contribution in [3.8, 4) is 11.5 Å². The van der Waals surface area contributed by atoms with E-state index in [2.05, 4.69) is 10.1 Å². The Morgan fingerprint density at radius 1 is 1.20 bits per heavy atom. The van der Waals surface area contributed by atoms with Crippen LogP contribution < -0.4 is 20.5 Å². The number of hydrogen-bond acceptors (Lipinski definition) is 5. The Kier molecular flexibility index (Phi) is 8.86. The van der Waals surface area contributed by atoms with Crippen LogP contribution in [0.25, 0.3) is 11.6 Å². The molecule has 1 aliphatic rings. The van der Waals surface area contributed by atoms with Gasteiger partial charge in [-0.3, -0.25) is 4.79 Å². The minimum Gasteiger partial charge on any atom is -0.490 e.